The van der Waals surface area contributed by atoms with Gasteiger partial charge in [0.05, 0.1) is 17.6 Å². The normalized spacial score (nSPS) is 12.9. The Kier molecular flexibility index (Phi) is 6.87. The summed E-state index contributed by atoms with van der Waals surface area (Å²) in [7, 11) is 0. The summed E-state index contributed by atoms with van der Waals surface area (Å²) in [5.74, 6) is -1.61. The largest absolute Gasteiger partial charge is 0.508 e. The predicted octanol–water partition coefficient (Wildman–Crippen LogP) is 1.62. The van der Waals surface area contributed by atoms with Crippen LogP contribution in [0.25, 0.3) is 0 Å². The number of halogens is 2. The smallest absolute Gasteiger partial charge is 0.342 e. The lowest BCUT2D eigenvalue weighted by Crippen LogP contribution is -2.31. The molecule has 0 aromatic heterocycles. The van der Waals surface area contributed by atoms with Crippen LogP contribution >= 0.6 is 12.4 Å². The number of esters is 1. The van der Waals surface area contributed by atoms with Gasteiger partial charge in [-0.05, 0) is 13.0 Å². The first-order valence-corrected chi connectivity index (χ1v) is 5.42. The third-order valence-corrected chi connectivity index (χ3v) is 2.41. The number of nitrogens with zero attached hydrogens (tertiary/aromatic N) is 1. The Bertz CT molecular complexity index is 500. The summed E-state index contributed by atoms with van der Waals surface area (Å²) in [6.45, 7) is 1.48. The monoisotopic (exact) mass is 308 g/mol. The Morgan fingerprint density at radius 1 is 1.60 bits per heavy atom. The topological polar surface area (TPSA) is 116 Å². The lowest BCUT2D eigenvalue weighted by molar-refractivity contribution is -0.385. The van der Waals surface area contributed by atoms with E-state index < -0.39 is 28.9 Å². The number of benzene rings is 1. The summed E-state index contributed by atoms with van der Waals surface area (Å²) in [6.07, 6.45) is -2.21. The molecule has 0 radical (unpaired) electrons. The average Bonchev–Trinajstić information content (AvgIpc) is 2.37. The van der Waals surface area contributed by atoms with Gasteiger partial charge in [0.25, 0.3) is 5.69 Å². The molecule has 0 aliphatic heterocycles. The molecule has 0 aliphatic rings. The maximum absolute atomic E-state index is 13.7. The quantitative estimate of drug-likeness (QED) is 0.485. The molecule has 20 heavy (non-hydrogen) atoms. The Morgan fingerprint density at radius 2 is 2.20 bits per heavy atom. The SMILES string of the molecule is CCOC(=O)C(F)[C@H](N)c1cc([N+](=O)[O-])ccc1O.Cl. The van der Waals surface area contributed by atoms with Crippen LogP contribution < -0.4 is 5.73 Å². The highest BCUT2D eigenvalue weighted by molar-refractivity contribution is 5.85. The van der Waals surface area contributed by atoms with E-state index in [4.69, 9.17) is 5.73 Å². The fraction of sp³-hybridized carbons (Fsp3) is 0.364. The molecule has 2 atom stereocenters. The zero-order chi connectivity index (χ0) is 14.6. The summed E-state index contributed by atoms with van der Waals surface area (Å²) in [5.41, 5.74) is 4.89. The van der Waals surface area contributed by atoms with Crippen LogP contribution in [0.4, 0.5) is 10.1 Å². The van der Waals surface area contributed by atoms with Gasteiger partial charge in [-0.2, -0.15) is 0 Å². The van der Waals surface area contributed by atoms with E-state index in [1.165, 1.54) is 6.92 Å². The zero-order valence-corrected chi connectivity index (χ0v) is 11.3. The fourth-order valence-corrected chi connectivity index (χ4v) is 1.45. The molecule has 0 aliphatic carbocycles. The fourth-order valence-electron chi connectivity index (χ4n) is 1.45. The van der Waals surface area contributed by atoms with Crippen LogP contribution in [0.15, 0.2) is 18.2 Å². The van der Waals surface area contributed by atoms with Crippen molar-refractivity contribution in [1.82, 2.24) is 0 Å². The first kappa shape index (κ1) is 18.1. The molecule has 1 unspecified atom stereocenters. The van der Waals surface area contributed by atoms with Crippen LogP contribution in [-0.2, 0) is 9.53 Å². The highest BCUT2D eigenvalue weighted by atomic mass is 35.5. The van der Waals surface area contributed by atoms with Crippen molar-refractivity contribution in [2.75, 3.05) is 6.61 Å². The van der Waals surface area contributed by atoms with Crippen LogP contribution in [0.5, 0.6) is 5.75 Å². The molecule has 0 spiro atoms. The van der Waals surface area contributed by atoms with Gasteiger partial charge >= 0.3 is 5.97 Å². The first-order chi connectivity index (χ1) is 8.88. The van der Waals surface area contributed by atoms with Crippen LogP contribution in [0.1, 0.15) is 18.5 Å². The van der Waals surface area contributed by atoms with E-state index in [0.717, 1.165) is 18.2 Å². The zero-order valence-electron chi connectivity index (χ0n) is 10.5. The van der Waals surface area contributed by atoms with Crippen molar-refractivity contribution in [3.05, 3.63) is 33.9 Å². The van der Waals surface area contributed by atoms with Crippen LogP contribution in [0, 0.1) is 10.1 Å². The Labute approximate surface area is 120 Å². The number of hydrogen-bond donors (Lipinski definition) is 2. The minimum Gasteiger partial charge on any atom is -0.508 e. The number of rotatable bonds is 5. The van der Waals surface area contributed by atoms with E-state index in [-0.39, 0.29) is 30.3 Å². The summed E-state index contributed by atoms with van der Waals surface area (Å²) in [5, 5.41) is 20.1. The summed E-state index contributed by atoms with van der Waals surface area (Å²) in [6, 6.07) is 1.44. The second kappa shape index (κ2) is 7.61. The molecule has 112 valence electrons. The molecule has 9 heteroatoms. The van der Waals surface area contributed by atoms with Crippen LogP contribution in [-0.4, -0.2) is 28.8 Å². The van der Waals surface area contributed by atoms with Crippen LogP contribution in [0.2, 0.25) is 0 Å². The van der Waals surface area contributed by atoms with E-state index in [0.29, 0.717) is 0 Å². The number of nitro benzene ring substituents is 1. The molecular weight excluding hydrogens is 295 g/mol. The number of phenols is 1. The number of hydrogen-bond acceptors (Lipinski definition) is 6. The number of aromatic hydroxyl groups is 1. The van der Waals surface area contributed by atoms with E-state index >= 15 is 0 Å². The average molecular weight is 309 g/mol. The van der Waals surface area contributed by atoms with Gasteiger partial charge in [0.15, 0.2) is 0 Å². The maximum atomic E-state index is 13.7. The molecule has 0 fully saturated rings. The van der Waals surface area contributed by atoms with Crippen molar-refractivity contribution >= 4 is 24.1 Å². The second-order valence-electron chi connectivity index (χ2n) is 3.68. The van der Waals surface area contributed by atoms with Crippen molar-refractivity contribution in [2.24, 2.45) is 5.73 Å². The number of nitrogens with two attached hydrogens (primary N) is 1. The molecule has 1 aromatic rings. The van der Waals surface area contributed by atoms with Gasteiger partial charge in [0.2, 0.25) is 6.17 Å². The van der Waals surface area contributed by atoms with Crippen molar-refractivity contribution in [2.45, 2.75) is 19.1 Å². The number of carbonyl (C=O) groups excluding carboxylic acids is 1. The lowest BCUT2D eigenvalue weighted by Gasteiger charge is -2.16. The molecule has 0 saturated heterocycles. The van der Waals surface area contributed by atoms with Gasteiger partial charge in [-0.25, -0.2) is 9.18 Å². The predicted molar refractivity (Wildman–Crippen MR) is 70.5 cm³/mol. The van der Waals surface area contributed by atoms with Gasteiger partial charge in [-0.3, -0.25) is 10.1 Å². The number of ether oxygens (including phenoxy) is 1. The number of carbonyl (C=O) groups is 1. The van der Waals surface area contributed by atoms with Gasteiger partial charge in [-0.15, -0.1) is 12.4 Å². The Hall–Kier alpha value is -1.93. The summed E-state index contributed by atoms with van der Waals surface area (Å²) < 4.78 is 18.1. The molecule has 0 amide bonds. The Morgan fingerprint density at radius 3 is 2.70 bits per heavy atom. The van der Waals surface area contributed by atoms with Crippen molar-refractivity contribution < 1.29 is 24.0 Å². The molecule has 3 N–H and O–H groups in total. The molecule has 0 heterocycles. The van der Waals surface area contributed by atoms with Gasteiger partial charge < -0.3 is 15.6 Å². The highest BCUT2D eigenvalue weighted by Crippen LogP contribution is 2.30. The maximum Gasteiger partial charge on any atom is 0.342 e. The third kappa shape index (κ3) is 4.04. The van der Waals surface area contributed by atoms with Crippen molar-refractivity contribution in [3.63, 3.8) is 0 Å². The summed E-state index contributed by atoms with van der Waals surface area (Å²) >= 11 is 0. The van der Waals surface area contributed by atoms with E-state index in [2.05, 4.69) is 4.74 Å². The lowest BCUT2D eigenvalue weighted by atomic mass is 10.0. The molecule has 1 rings (SSSR count). The standard InChI is InChI=1S/C11H13FN2O5.ClH/c1-2-19-11(16)9(12)10(13)7-5-6(14(17)18)3-4-8(7)15;/h3-5,9-10,15H,2,13H2,1H3;1H/t9?,10-;/m1./s1. The highest BCUT2D eigenvalue weighted by Gasteiger charge is 2.30. The molecule has 1 aromatic carbocycles. The minimum absolute atomic E-state index is 0. The molecule has 0 bridgehead atoms. The minimum atomic E-state index is -2.21. The summed E-state index contributed by atoms with van der Waals surface area (Å²) in [4.78, 5) is 21.1. The third-order valence-electron chi connectivity index (χ3n) is 2.41. The number of non-ortho nitro benzene ring substituents is 1. The first-order valence-electron chi connectivity index (χ1n) is 5.42. The van der Waals surface area contributed by atoms with E-state index in [1.54, 1.807) is 0 Å². The van der Waals surface area contributed by atoms with Gasteiger partial charge in [0.1, 0.15) is 5.75 Å². The van der Waals surface area contributed by atoms with Crippen molar-refractivity contribution in [3.8, 4) is 5.75 Å². The molecule has 0 saturated carbocycles. The van der Waals surface area contributed by atoms with Gasteiger partial charge in [0, 0.05) is 17.7 Å². The second-order valence-corrected chi connectivity index (χ2v) is 3.68. The van der Waals surface area contributed by atoms with Crippen molar-refractivity contribution in [1.29, 1.82) is 0 Å². The van der Waals surface area contributed by atoms with Gasteiger partial charge in [-0.1, -0.05) is 0 Å². The van der Waals surface area contributed by atoms with E-state index in [1.807, 2.05) is 0 Å². The van der Waals surface area contributed by atoms with Crippen LogP contribution in [0.3, 0.4) is 0 Å². The van der Waals surface area contributed by atoms with E-state index in [9.17, 15) is 24.4 Å². The number of phenolic OH excluding ortho intramolecular Hbond substituents is 1. The number of nitro groups is 1. The number of alkyl halides is 1. The Balaban J connectivity index is 0.00000361. The molecule has 7 nitrogen and oxygen atoms in total. The molecular formula is C11H14ClFN2O5.